The summed E-state index contributed by atoms with van der Waals surface area (Å²) in [6.07, 6.45) is -22.0. The van der Waals surface area contributed by atoms with Gasteiger partial charge in [0.1, 0.15) is 0 Å². The van der Waals surface area contributed by atoms with Gasteiger partial charge in [-0.25, -0.2) is 21.2 Å². The number of nitrogens with zero attached hydrogens (tertiary/aromatic N) is 2. The molecule has 1 atom stereocenters. The summed E-state index contributed by atoms with van der Waals surface area (Å²) in [6.45, 7) is 28.4. The van der Waals surface area contributed by atoms with E-state index < -0.39 is 119 Å². The molecule has 0 fully saturated rings. The molecule has 1 unspecified atom stereocenters. The molecule has 0 heterocycles. The van der Waals surface area contributed by atoms with Gasteiger partial charge in [-0.1, -0.05) is 6.42 Å². The molecule has 57 heavy (non-hydrogen) atoms. The van der Waals surface area contributed by atoms with E-state index in [2.05, 4.69) is 55.4 Å². The highest BCUT2D eigenvalue weighted by atomic mass is 32.2. The maximum atomic E-state index is 12.9. The van der Waals surface area contributed by atoms with Crippen molar-refractivity contribution in [2.75, 3.05) is 52.4 Å². The molecule has 0 saturated heterocycles. The molecular weight excluding hydrogens is 857 g/mol. The monoisotopic (exact) mass is 916 g/mol. The molecule has 0 aromatic carbocycles. The van der Waals surface area contributed by atoms with Gasteiger partial charge in [0.15, 0.2) is 26.4 Å². The fourth-order valence-corrected chi connectivity index (χ4v) is 5.97. The van der Waals surface area contributed by atoms with Crippen LogP contribution in [0.1, 0.15) is 113 Å². The summed E-state index contributed by atoms with van der Waals surface area (Å²) in [4.78, 5) is 0. The first-order valence-corrected chi connectivity index (χ1v) is 21.0. The van der Waals surface area contributed by atoms with Gasteiger partial charge in [0.05, 0.1) is 52.4 Å². The molecule has 0 radical (unpaired) electrons. The Balaban J connectivity index is -0.000000350. The number of quaternary nitrogens is 2. The minimum Gasteiger partial charge on any atom is -0.743 e. The molecule has 8 nitrogen and oxygen atoms in total. The number of hydrogen-bond acceptors (Lipinski definition) is 6. The average Bonchev–Trinajstić information content (AvgIpc) is 3.08. The van der Waals surface area contributed by atoms with E-state index in [-0.39, 0.29) is 0 Å². The summed E-state index contributed by atoms with van der Waals surface area (Å²) in [5.41, 5.74) is 0. The first-order valence-electron chi connectivity index (χ1n) is 18.2. The van der Waals surface area contributed by atoms with Crippen molar-refractivity contribution in [3.05, 3.63) is 0 Å². The lowest BCUT2D eigenvalue weighted by atomic mass is 10.1. The number of halogens is 15. The van der Waals surface area contributed by atoms with Crippen molar-refractivity contribution in [2.45, 2.75) is 154 Å². The Morgan fingerprint density at radius 1 is 0.439 bits per heavy atom. The van der Waals surface area contributed by atoms with Gasteiger partial charge in [0, 0.05) is 19.3 Å². The van der Waals surface area contributed by atoms with Crippen LogP contribution in [0.4, 0.5) is 65.9 Å². The number of alkyl halides is 15. The van der Waals surface area contributed by atoms with E-state index >= 15 is 0 Å². The third-order valence-corrected chi connectivity index (χ3v) is 11.6. The van der Waals surface area contributed by atoms with Gasteiger partial charge in [-0.15, -0.1) is 0 Å². The summed E-state index contributed by atoms with van der Waals surface area (Å²) in [6, 6.07) is 0. The van der Waals surface area contributed by atoms with Crippen molar-refractivity contribution in [3.8, 4) is 0 Å². The van der Waals surface area contributed by atoms with Crippen LogP contribution in [0.2, 0.25) is 0 Å². The number of rotatable bonds is 22. The fourth-order valence-electron chi connectivity index (χ4n) is 5.04. The van der Waals surface area contributed by atoms with Crippen LogP contribution in [0.15, 0.2) is 0 Å². The minimum atomic E-state index is -6.81. The zero-order chi connectivity index (χ0) is 46.6. The quantitative estimate of drug-likeness (QED) is 0.0463. The number of unbranched alkanes of at least 4 members (excludes halogenated alkanes) is 3. The SMILES string of the molecule is CC[N+](CC)(CC)CC.CC[N+](CC)(CC)CC.O=S(=O)([O-])C(F)(F)C(F)(F)C(F)CCCCC(F)(F)F.O=S(=O)([O-])C(F)(F)C(F)(F)CCCCCC(F)(F)F. The topological polar surface area (TPSA) is 114 Å². The van der Waals surface area contributed by atoms with E-state index in [4.69, 9.17) is 0 Å². The summed E-state index contributed by atoms with van der Waals surface area (Å²) in [5.74, 6) is -10.9. The fraction of sp³-hybridized carbons (Fsp3) is 1.00. The Bertz CT molecular complexity index is 1240. The van der Waals surface area contributed by atoms with Gasteiger partial charge >= 0.3 is 34.7 Å². The largest absolute Gasteiger partial charge is 0.743 e. The van der Waals surface area contributed by atoms with E-state index in [9.17, 15) is 91.8 Å². The van der Waals surface area contributed by atoms with Crippen molar-refractivity contribution >= 4 is 20.2 Å². The Morgan fingerprint density at radius 3 is 0.930 bits per heavy atom. The summed E-state index contributed by atoms with van der Waals surface area (Å²) >= 11 is 0. The Morgan fingerprint density at radius 2 is 0.702 bits per heavy atom. The summed E-state index contributed by atoms with van der Waals surface area (Å²) < 4.78 is 247. The predicted octanol–water partition coefficient (Wildman–Crippen LogP) is 10.3. The van der Waals surface area contributed by atoms with Crippen LogP contribution >= 0.6 is 0 Å². The lowest BCUT2D eigenvalue weighted by Gasteiger charge is -2.34. The van der Waals surface area contributed by atoms with Crippen molar-refractivity contribution < 1.29 is 101 Å². The van der Waals surface area contributed by atoms with Gasteiger partial charge in [0.2, 0.25) is 0 Å². The second-order valence-corrected chi connectivity index (χ2v) is 15.8. The molecule has 0 aliphatic carbocycles. The van der Waals surface area contributed by atoms with Crippen molar-refractivity contribution in [3.63, 3.8) is 0 Å². The molecule has 0 rings (SSSR count). The van der Waals surface area contributed by atoms with Gasteiger partial charge < -0.3 is 18.1 Å². The smallest absolute Gasteiger partial charge is 0.399 e. The maximum Gasteiger partial charge on any atom is 0.399 e. The normalized spacial score (nSPS) is 14.4. The van der Waals surface area contributed by atoms with Crippen molar-refractivity contribution in [2.24, 2.45) is 0 Å². The Hall–Kier alpha value is -1.31. The van der Waals surface area contributed by atoms with Gasteiger partial charge in [0.25, 0.3) is 0 Å². The lowest BCUT2D eigenvalue weighted by molar-refractivity contribution is -0.921. The minimum absolute atomic E-state index is 0.440. The molecule has 25 heteroatoms. The van der Waals surface area contributed by atoms with Crippen LogP contribution in [-0.4, -0.2) is 128 Å². The molecule has 0 aliphatic heterocycles. The first kappa shape index (κ1) is 62.3. The van der Waals surface area contributed by atoms with Crippen LogP contribution in [-0.2, 0) is 20.2 Å². The van der Waals surface area contributed by atoms with Crippen LogP contribution in [0.5, 0.6) is 0 Å². The Kier molecular flexibility index (Phi) is 27.8. The molecule has 0 N–H and O–H groups in total. The Labute approximate surface area is 327 Å². The molecule has 350 valence electrons. The van der Waals surface area contributed by atoms with Crippen molar-refractivity contribution in [1.82, 2.24) is 0 Å². The van der Waals surface area contributed by atoms with E-state index in [0.29, 0.717) is 0 Å². The van der Waals surface area contributed by atoms with Crippen LogP contribution in [0.25, 0.3) is 0 Å². The molecule has 0 saturated carbocycles. The average molecular weight is 917 g/mol. The lowest BCUT2D eigenvalue weighted by Crippen LogP contribution is -2.52. The highest BCUT2D eigenvalue weighted by molar-refractivity contribution is 7.87. The first-order chi connectivity index (χ1) is 25.3. The van der Waals surface area contributed by atoms with E-state index in [1.54, 1.807) is 0 Å². The van der Waals surface area contributed by atoms with Gasteiger partial charge in [-0.3, -0.25) is 0 Å². The highest BCUT2D eigenvalue weighted by Gasteiger charge is 2.66. The molecule has 0 aromatic rings. The van der Waals surface area contributed by atoms with Crippen LogP contribution in [0, 0.1) is 0 Å². The van der Waals surface area contributed by atoms with E-state index in [1.807, 2.05) is 0 Å². The molecular formula is C32H59F15N2O6S2. The van der Waals surface area contributed by atoms with E-state index in [0.717, 1.165) is 0 Å². The van der Waals surface area contributed by atoms with Crippen LogP contribution < -0.4 is 0 Å². The summed E-state index contributed by atoms with van der Waals surface area (Å²) in [7, 11) is -13.4. The second-order valence-electron chi connectivity index (χ2n) is 13.0. The molecule has 0 amide bonds. The van der Waals surface area contributed by atoms with E-state index in [1.165, 1.54) is 61.3 Å². The molecule has 0 spiro atoms. The molecule has 0 aromatic heterocycles. The zero-order valence-corrected chi connectivity index (χ0v) is 35.1. The predicted molar refractivity (Wildman–Crippen MR) is 183 cm³/mol. The molecule has 0 aliphatic rings. The van der Waals surface area contributed by atoms with Gasteiger partial charge in [-0.05, 0) is 87.5 Å². The zero-order valence-electron chi connectivity index (χ0n) is 33.4. The molecule has 0 bridgehead atoms. The standard InChI is InChI=1S/C8H10F8O3S.C8H11F7O3S.2C8H20N/c9-5(3-1-2-4-6(10,11)12)7(13,14)8(15,16)20(17,18)19;9-6(10,8(14,15)19(16,17)18)4-2-1-3-5-7(11,12)13;2*1-5-9(6-2,7-3)8-4/h5H,1-4H2,(H,17,18,19);1-5H2,(H,16,17,18);2*5-8H2,1-4H3/q;;2*+1/p-2. The maximum absolute atomic E-state index is 12.9. The van der Waals surface area contributed by atoms with Crippen LogP contribution in [0.3, 0.4) is 0 Å². The number of hydrogen-bond donors (Lipinski definition) is 0. The second kappa shape index (κ2) is 25.5. The summed E-state index contributed by atoms with van der Waals surface area (Å²) in [5, 5.41) is -12.0. The highest BCUT2D eigenvalue weighted by Crippen LogP contribution is 2.44. The third-order valence-electron chi connectivity index (χ3n) is 9.82. The third kappa shape index (κ3) is 22.2. The van der Waals surface area contributed by atoms with Crippen molar-refractivity contribution in [1.29, 1.82) is 0 Å². The van der Waals surface area contributed by atoms with Gasteiger partial charge in [-0.2, -0.15) is 61.5 Å².